The summed E-state index contributed by atoms with van der Waals surface area (Å²) in [6, 6.07) is 4.84. The maximum atomic E-state index is 13.9. The van der Waals surface area contributed by atoms with Crippen LogP contribution in [0, 0.1) is 5.82 Å². The second kappa shape index (κ2) is 5.61. The van der Waals surface area contributed by atoms with E-state index < -0.39 is 0 Å². The zero-order chi connectivity index (χ0) is 15.0. The van der Waals surface area contributed by atoms with Gasteiger partial charge >= 0.3 is 0 Å². The van der Waals surface area contributed by atoms with Crippen LogP contribution < -0.4 is 5.73 Å². The molecule has 2 aromatic rings. The lowest BCUT2D eigenvalue weighted by Gasteiger charge is -2.34. The number of fused-ring (bicyclic) bond motifs is 1. The number of nitrogen functional groups attached to an aromatic ring is 1. The number of carbonyl (C=O) groups is 1. The molecular weight excluding hydrogens is 291 g/mol. The highest BCUT2D eigenvalue weighted by molar-refractivity contribution is 7.21. The molecule has 0 bridgehead atoms. The summed E-state index contributed by atoms with van der Waals surface area (Å²) in [4.78, 5) is 15.0. The largest absolute Gasteiger partial charge is 0.397 e. The van der Waals surface area contributed by atoms with Crippen molar-refractivity contribution < 1.29 is 13.9 Å². The monoisotopic (exact) mass is 308 g/mol. The van der Waals surface area contributed by atoms with E-state index in [4.69, 9.17) is 10.5 Å². The zero-order valence-electron chi connectivity index (χ0n) is 11.8. The molecule has 1 atom stereocenters. The Bertz CT molecular complexity index is 686. The number of hydrogen-bond acceptors (Lipinski definition) is 4. The van der Waals surface area contributed by atoms with Crippen molar-refractivity contribution in [2.75, 3.05) is 25.5 Å². The van der Waals surface area contributed by atoms with Crippen LogP contribution in [0.25, 0.3) is 10.1 Å². The van der Waals surface area contributed by atoms with Gasteiger partial charge in [0.15, 0.2) is 0 Å². The molecule has 3 rings (SSSR count). The van der Waals surface area contributed by atoms with E-state index in [9.17, 15) is 9.18 Å². The maximum absolute atomic E-state index is 13.9. The highest BCUT2D eigenvalue weighted by atomic mass is 32.1. The van der Waals surface area contributed by atoms with Gasteiger partial charge in [0.05, 0.1) is 30.3 Å². The van der Waals surface area contributed by atoms with E-state index in [0.717, 1.165) is 6.42 Å². The topological polar surface area (TPSA) is 55.6 Å². The van der Waals surface area contributed by atoms with E-state index in [0.29, 0.717) is 34.7 Å². The number of rotatable bonds is 2. The Morgan fingerprint density at radius 2 is 2.38 bits per heavy atom. The first-order valence-electron chi connectivity index (χ1n) is 6.98. The molecule has 1 aliphatic rings. The van der Waals surface area contributed by atoms with Crippen molar-refractivity contribution in [3.8, 4) is 0 Å². The standard InChI is InChI=1S/C15H17FN2O2S/c1-2-9-8-20-7-6-18(9)15(19)14-13(17)12-10(16)4-3-5-11(12)21-14/h3-5,9H,2,6-8,17H2,1H3. The van der Waals surface area contributed by atoms with Gasteiger partial charge in [-0.3, -0.25) is 4.79 Å². The van der Waals surface area contributed by atoms with Crippen LogP contribution >= 0.6 is 11.3 Å². The van der Waals surface area contributed by atoms with Crippen LogP contribution in [-0.4, -0.2) is 36.6 Å². The van der Waals surface area contributed by atoms with E-state index in [1.807, 2.05) is 6.92 Å². The second-order valence-electron chi connectivity index (χ2n) is 5.09. The summed E-state index contributed by atoms with van der Waals surface area (Å²) in [6.07, 6.45) is 0.824. The number of anilines is 1. The third-order valence-electron chi connectivity index (χ3n) is 3.86. The van der Waals surface area contributed by atoms with Crippen LogP contribution in [0.4, 0.5) is 10.1 Å². The van der Waals surface area contributed by atoms with Gasteiger partial charge in [-0.05, 0) is 18.6 Å². The van der Waals surface area contributed by atoms with Gasteiger partial charge in [0, 0.05) is 11.2 Å². The molecule has 2 N–H and O–H groups in total. The molecule has 0 aliphatic carbocycles. The van der Waals surface area contributed by atoms with E-state index in [2.05, 4.69) is 0 Å². The molecule has 1 aliphatic heterocycles. The molecular formula is C15H17FN2O2S. The molecule has 0 spiro atoms. The van der Waals surface area contributed by atoms with Crippen molar-refractivity contribution in [1.82, 2.24) is 4.90 Å². The van der Waals surface area contributed by atoms with Gasteiger partial charge in [-0.1, -0.05) is 13.0 Å². The van der Waals surface area contributed by atoms with Crippen LogP contribution in [-0.2, 0) is 4.74 Å². The van der Waals surface area contributed by atoms with Gasteiger partial charge in [-0.25, -0.2) is 4.39 Å². The SMILES string of the molecule is CCC1COCCN1C(=O)c1sc2cccc(F)c2c1N. The first-order valence-corrected chi connectivity index (χ1v) is 7.80. The number of amides is 1. The van der Waals surface area contributed by atoms with E-state index in [1.165, 1.54) is 17.4 Å². The third kappa shape index (κ3) is 2.38. The van der Waals surface area contributed by atoms with Gasteiger partial charge in [0.1, 0.15) is 10.7 Å². The minimum absolute atomic E-state index is 0.0562. The maximum Gasteiger partial charge on any atom is 0.266 e. The second-order valence-corrected chi connectivity index (χ2v) is 6.15. The summed E-state index contributed by atoms with van der Waals surface area (Å²) in [6.45, 7) is 3.64. The minimum atomic E-state index is -0.380. The number of hydrogen-bond donors (Lipinski definition) is 1. The molecule has 112 valence electrons. The Balaban J connectivity index is 2.01. The highest BCUT2D eigenvalue weighted by Crippen LogP contribution is 2.36. The molecule has 21 heavy (non-hydrogen) atoms. The predicted octanol–water partition coefficient (Wildman–Crippen LogP) is 2.87. The smallest absolute Gasteiger partial charge is 0.266 e. The number of ether oxygens (including phenoxy) is 1. The Morgan fingerprint density at radius 1 is 1.57 bits per heavy atom. The number of nitrogens with two attached hydrogens (primary N) is 1. The molecule has 1 aromatic heterocycles. The number of thiophene rings is 1. The van der Waals surface area contributed by atoms with Crippen LogP contribution in [0.5, 0.6) is 0 Å². The lowest BCUT2D eigenvalue weighted by atomic mass is 10.1. The molecule has 4 nitrogen and oxygen atoms in total. The Kier molecular flexibility index (Phi) is 3.82. The Hall–Kier alpha value is -1.66. The quantitative estimate of drug-likeness (QED) is 0.928. The first kappa shape index (κ1) is 14.3. The summed E-state index contributed by atoms with van der Waals surface area (Å²) in [5.74, 6) is -0.502. The van der Waals surface area contributed by atoms with E-state index >= 15 is 0 Å². The average molecular weight is 308 g/mol. The van der Waals surface area contributed by atoms with Crippen molar-refractivity contribution in [3.63, 3.8) is 0 Å². The summed E-state index contributed by atoms with van der Waals surface area (Å²) in [7, 11) is 0. The number of halogens is 1. The van der Waals surface area contributed by atoms with E-state index in [-0.39, 0.29) is 23.5 Å². The predicted molar refractivity (Wildman–Crippen MR) is 82.1 cm³/mol. The first-order chi connectivity index (χ1) is 10.1. The Morgan fingerprint density at radius 3 is 3.10 bits per heavy atom. The fourth-order valence-corrected chi connectivity index (χ4v) is 3.77. The lowest BCUT2D eigenvalue weighted by molar-refractivity contribution is -0.00248. The summed E-state index contributed by atoms with van der Waals surface area (Å²) < 4.78 is 20.0. The summed E-state index contributed by atoms with van der Waals surface area (Å²) >= 11 is 1.26. The minimum Gasteiger partial charge on any atom is -0.397 e. The number of nitrogens with zero attached hydrogens (tertiary/aromatic N) is 1. The van der Waals surface area contributed by atoms with Gasteiger partial charge in [0.2, 0.25) is 0 Å². The molecule has 1 saturated heterocycles. The highest BCUT2D eigenvalue weighted by Gasteiger charge is 2.30. The normalized spacial score (nSPS) is 19.1. The van der Waals surface area contributed by atoms with Crippen LogP contribution in [0.3, 0.4) is 0 Å². The van der Waals surface area contributed by atoms with Crippen molar-refractivity contribution in [2.24, 2.45) is 0 Å². The number of carbonyl (C=O) groups excluding carboxylic acids is 1. The van der Waals surface area contributed by atoms with Crippen LogP contribution in [0.2, 0.25) is 0 Å². The van der Waals surface area contributed by atoms with Crippen LogP contribution in [0.15, 0.2) is 18.2 Å². The molecule has 2 heterocycles. The van der Waals surface area contributed by atoms with Crippen molar-refractivity contribution in [2.45, 2.75) is 19.4 Å². The van der Waals surface area contributed by atoms with Gasteiger partial charge in [-0.2, -0.15) is 0 Å². The van der Waals surface area contributed by atoms with Crippen molar-refractivity contribution in [1.29, 1.82) is 0 Å². The molecule has 1 unspecified atom stereocenters. The molecule has 1 fully saturated rings. The summed E-state index contributed by atoms with van der Waals surface area (Å²) in [5, 5.41) is 0.354. The molecule has 0 saturated carbocycles. The van der Waals surface area contributed by atoms with Crippen molar-refractivity contribution in [3.05, 3.63) is 28.9 Å². The molecule has 6 heteroatoms. The molecule has 1 aromatic carbocycles. The Labute approximate surface area is 126 Å². The fraction of sp³-hybridized carbons (Fsp3) is 0.400. The van der Waals surface area contributed by atoms with Gasteiger partial charge < -0.3 is 15.4 Å². The number of benzene rings is 1. The zero-order valence-corrected chi connectivity index (χ0v) is 12.6. The molecule has 1 amide bonds. The van der Waals surface area contributed by atoms with Gasteiger partial charge in [-0.15, -0.1) is 11.3 Å². The third-order valence-corrected chi connectivity index (χ3v) is 5.01. The van der Waals surface area contributed by atoms with Crippen LogP contribution in [0.1, 0.15) is 23.0 Å². The fourth-order valence-electron chi connectivity index (χ4n) is 2.68. The van der Waals surface area contributed by atoms with Gasteiger partial charge in [0.25, 0.3) is 5.91 Å². The van der Waals surface area contributed by atoms with Crippen molar-refractivity contribution >= 4 is 33.0 Å². The average Bonchev–Trinajstić information content (AvgIpc) is 2.85. The summed E-state index contributed by atoms with van der Waals surface area (Å²) in [5.41, 5.74) is 6.28. The lowest BCUT2D eigenvalue weighted by Crippen LogP contribution is -2.48. The molecule has 0 radical (unpaired) electrons. The number of morpholine rings is 1. The van der Waals surface area contributed by atoms with E-state index in [1.54, 1.807) is 17.0 Å².